The molecule has 0 spiro atoms. The number of aromatic nitrogens is 1. The standard InChI is InChI=1S/C7H8ClFN2/c1-11(2)7-6(9)3-5(8)4-10-7/h3-4H,1-2H3. The second-order valence-electron chi connectivity index (χ2n) is 2.35. The van der Waals surface area contributed by atoms with Gasteiger partial charge < -0.3 is 4.90 Å². The second kappa shape index (κ2) is 3.05. The highest BCUT2D eigenvalue weighted by molar-refractivity contribution is 6.30. The van der Waals surface area contributed by atoms with E-state index in [1.165, 1.54) is 12.3 Å². The molecule has 1 aromatic heterocycles. The molecule has 0 amide bonds. The first-order valence-electron chi connectivity index (χ1n) is 3.09. The Bertz CT molecular complexity index is 263. The van der Waals surface area contributed by atoms with E-state index in [1.807, 2.05) is 0 Å². The third kappa shape index (κ3) is 1.80. The molecule has 0 atom stereocenters. The van der Waals surface area contributed by atoms with Gasteiger partial charge in [-0.1, -0.05) is 11.6 Å². The maximum Gasteiger partial charge on any atom is 0.167 e. The van der Waals surface area contributed by atoms with Crippen molar-refractivity contribution in [1.82, 2.24) is 4.98 Å². The summed E-state index contributed by atoms with van der Waals surface area (Å²) in [6, 6.07) is 1.24. The first-order chi connectivity index (χ1) is 5.11. The summed E-state index contributed by atoms with van der Waals surface area (Å²) in [6.07, 6.45) is 1.42. The third-order valence-corrected chi connectivity index (χ3v) is 1.42. The van der Waals surface area contributed by atoms with E-state index in [2.05, 4.69) is 4.98 Å². The number of anilines is 1. The van der Waals surface area contributed by atoms with Crippen LogP contribution in [-0.2, 0) is 0 Å². The van der Waals surface area contributed by atoms with Gasteiger partial charge in [-0.2, -0.15) is 0 Å². The van der Waals surface area contributed by atoms with Gasteiger partial charge in [0.15, 0.2) is 11.6 Å². The molecule has 0 aliphatic rings. The zero-order chi connectivity index (χ0) is 8.43. The summed E-state index contributed by atoms with van der Waals surface area (Å²) in [5.41, 5.74) is 0. The predicted molar refractivity (Wildman–Crippen MR) is 43.5 cm³/mol. The Balaban J connectivity index is 3.09. The summed E-state index contributed by atoms with van der Waals surface area (Å²) in [5.74, 6) is -0.100. The van der Waals surface area contributed by atoms with E-state index < -0.39 is 5.82 Å². The fraction of sp³-hybridized carbons (Fsp3) is 0.286. The average molecular weight is 175 g/mol. The largest absolute Gasteiger partial charge is 0.360 e. The van der Waals surface area contributed by atoms with Crippen LogP contribution in [0.15, 0.2) is 12.3 Å². The monoisotopic (exact) mass is 174 g/mol. The molecule has 0 saturated heterocycles. The van der Waals surface area contributed by atoms with E-state index >= 15 is 0 Å². The van der Waals surface area contributed by atoms with Gasteiger partial charge in [-0.3, -0.25) is 0 Å². The third-order valence-electron chi connectivity index (χ3n) is 1.21. The molecule has 2 nitrogen and oxygen atoms in total. The molecule has 0 aliphatic heterocycles. The van der Waals surface area contributed by atoms with Gasteiger partial charge in [0, 0.05) is 20.3 Å². The van der Waals surface area contributed by atoms with Crippen LogP contribution in [0.2, 0.25) is 5.02 Å². The lowest BCUT2D eigenvalue weighted by molar-refractivity contribution is 0.619. The van der Waals surface area contributed by atoms with Crippen molar-refractivity contribution < 1.29 is 4.39 Å². The number of halogens is 2. The summed E-state index contributed by atoms with van der Waals surface area (Å²) in [5, 5.41) is 0.313. The molecule has 0 unspecified atom stereocenters. The molecule has 0 radical (unpaired) electrons. The topological polar surface area (TPSA) is 16.1 Å². The number of hydrogen-bond donors (Lipinski definition) is 0. The molecule has 0 aliphatic carbocycles. The molecular formula is C7H8ClFN2. The lowest BCUT2D eigenvalue weighted by Gasteiger charge is -2.11. The summed E-state index contributed by atoms with van der Waals surface area (Å²) < 4.78 is 12.9. The second-order valence-corrected chi connectivity index (χ2v) is 2.79. The van der Waals surface area contributed by atoms with Gasteiger partial charge in [0.25, 0.3) is 0 Å². The summed E-state index contributed by atoms with van der Waals surface area (Å²) in [6.45, 7) is 0. The van der Waals surface area contributed by atoms with E-state index in [-0.39, 0.29) is 0 Å². The first-order valence-corrected chi connectivity index (χ1v) is 3.47. The fourth-order valence-electron chi connectivity index (χ4n) is 0.736. The minimum atomic E-state index is -0.400. The molecule has 11 heavy (non-hydrogen) atoms. The van der Waals surface area contributed by atoms with Crippen LogP contribution < -0.4 is 4.90 Å². The molecular weight excluding hydrogens is 167 g/mol. The number of hydrogen-bond acceptors (Lipinski definition) is 2. The maximum absolute atomic E-state index is 12.9. The zero-order valence-electron chi connectivity index (χ0n) is 6.31. The first kappa shape index (κ1) is 8.27. The van der Waals surface area contributed by atoms with Gasteiger partial charge in [-0.15, -0.1) is 0 Å². The van der Waals surface area contributed by atoms with Gasteiger partial charge in [-0.05, 0) is 6.07 Å². The quantitative estimate of drug-likeness (QED) is 0.647. The molecule has 0 bridgehead atoms. The van der Waals surface area contributed by atoms with Crippen LogP contribution in [0.1, 0.15) is 0 Å². The van der Waals surface area contributed by atoms with Gasteiger partial charge in [0.05, 0.1) is 5.02 Å². The van der Waals surface area contributed by atoms with Crippen LogP contribution in [0.4, 0.5) is 10.2 Å². The van der Waals surface area contributed by atoms with Crippen LogP contribution in [0.3, 0.4) is 0 Å². The molecule has 1 rings (SSSR count). The Labute approximate surface area is 69.6 Å². The molecule has 0 saturated carbocycles. The van der Waals surface area contributed by atoms with Crippen molar-refractivity contribution >= 4 is 17.4 Å². The summed E-state index contributed by atoms with van der Waals surface area (Å²) in [4.78, 5) is 5.39. The van der Waals surface area contributed by atoms with Crippen molar-refractivity contribution in [1.29, 1.82) is 0 Å². The highest BCUT2D eigenvalue weighted by atomic mass is 35.5. The molecule has 1 aromatic rings. The average Bonchev–Trinajstić information content (AvgIpc) is 1.85. The van der Waals surface area contributed by atoms with Crippen molar-refractivity contribution in [3.63, 3.8) is 0 Å². The van der Waals surface area contributed by atoms with Gasteiger partial charge in [-0.25, -0.2) is 9.37 Å². The predicted octanol–water partition coefficient (Wildman–Crippen LogP) is 1.94. The Morgan fingerprint density at radius 1 is 1.55 bits per heavy atom. The normalized spacial score (nSPS) is 9.82. The van der Waals surface area contributed by atoms with Crippen molar-refractivity contribution in [2.45, 2.75) is 0 Å². The Kier molecular flexibility index (Phi) is 2.29. The van der Waals surface area contributed by atoms with Crippen LogP contribution in [0.25, 0.3) is 0 Å². The minimum Gasteiger partial charge on any atom is -0.360 e. The van der Waals surface area contributed by atoms with E-state index in [9.17, 15) is 4.39 Å². The van der Waals surface area contributed by atoms with Gasteiger partial charge in [0.2, 0.25) is 0 Å². The van der Waals surface area contributed by atoms with Crippen LogP contribution in [0, 0.1) is 5.82 Å². The Morgan fingerprint density at radius 2 is 2.18 bits per heavy atom. The molecule has 0 fully saturated rings. The number of pyridine rings is 1. The van der Waals surface area contributed by atoms with Crippen LogP contribution in [0.5, 0.6) is 0 Å². The highest BCUT2D eigenvalue weighted by Gasteiger charge is 2.04. The molecule has 0 aromatic carbocycles. The Morgan fingerprint density at radius 3 is 2.64 bits per heavy atom. The van der Waals surface area contributed by atoms with Crippen molar-refractivity contribution in [3.8, 4) is 0 Å². The molecule has 0 N–H and O–H groups in total. The zero-order valence-corrected chi connectivity index (χ0v) is 7.06. The molecule has 60 valence electrons. The highest BCUT2D eigenvalue weighted by Crippen LogP contribution is 2.16. The fourth-order valence-corrected chi connectivity index (χ4v) is 0.881. The van der Waals surface area contributed by atoms with Crippen LogP contribution in [-0.4, -0.2) is 19.1 Å². The smallest absolute Gasteiger partial charge is 0.167 e. The minimum absolute atomic E-state index is 0.300. The molecule has 4 heteroatoms. The van der Waals surface area contributed by atoms with Crippen LogP contribution >= 0.6 is 11.6 Å². The van der Waals surface area contributed by atoms with E-state index in [4.69, 9.17) is 11.6 Å². The van der Waals surface area contributed by atoms with Crippen molar-refractivity contribution in [2.24, 2.45) is 0 Å². The number of nitrogens with zero attached hydrogens (tertiary/aromatic N) is 2. The number of rotatable bonds is 1. The van der Waals surface area contributed by atoms with E-state index in [0.717, 1.165) is 0 Å². The lowest BCUT2D eigenvalue weighted by atomic mass is 10.4. The lowest BCUT2D eigenvalue weighted by Crippen LogP contribution is -2.12. The van der Waals surface area contributed by atoms with Gasteiger partial charge >= 0.3 is 0 Å². The summed E-state index contributed by atoms with van der Waals surface area (Å²) >= 11 is 5.50. The van der Waals surface area contributed by atoms with Gasteiger partial charge in [0.1, 0.15) is 0 Å². The Hall–Kier alpha value is -0.830. The SMILES string of the molecule is CN(C)c1ncc(Cl)cc1F. The van der Waals surface area contributed by atoms with Crippen molar-refractivity contribution in [2.75, 3.05) is 19.0 Å². The van der Waals surface area contributed by atoms with Crippen molar-refractivity contribution in [3.05, 3.63) is 23.1 Å². The van der Waals surface area contributed by atoms with E-state index in [1.54, 1.807) is 19.0 Å². The summed E-state index contributed by atoms with van der Waals surface area (Å²) in [7, 11) is 3.44. The molecule has 1 heterocycles. The maximum atomic E-state index is 12.9. The van der Waals surface area contributed by atoms with E-state index in [0.29, 0.717) is 10.8 Å².